The van der Waals surface area contributed by atoms with Gasteiger partial charge in [-0.05, 0) is 45.6 Å². The van der Waals surface area contributed by atoms with Gasteiger partial charge < -0.3 is 10.1 Å². The van der Waals surface area contributed by atoms with E-state index >= 15 is 0 Å². The Labute approximate surface area is 126 Å². The molecule has 4 heteroatoms. The number of methoxy groups -OCH3 is 1. The van der Waals surface area contributed by atoms with E-state index in [1.165, 1.54) is 19.8 Å². The fourth-order valence-corrected chi connectivity index (χ4v) is 3.43. The molecule has 2 nitrogen and oxygen atoms in total. The van der Waals surface area contributed by atoms with Crippen molar-refractivity contribution in [3.05, 3.63) is 56.2 Å². The summed E-state index contributed by atoms with van der Waals surface area (Å²) in [6, 6.07) is 12.7. The Bertz CT molecular complexity index is 512. The lowest BCUT2D eigenvalue weighted by Crippen LogP contribution is -2.17. The van der Waals surface area contributed by atoms with E-state index in [1.807, 2.05) is 0 Å². The quantitative estimate of drug-likeness (QED) is 0.770. The molecule has 1 aromatic carbocycles. The van der Waals surface area contributed by atoms with Gasteiger partial charge in [-0.3, -0.25) is 0 Å². The molecule has 2 rings (SSSR count). The summed E-state index contributed by atoms with van der Waals surface area (Å²) in [4.78, 5) is 1.41. The number of hydrogen-bond acceptors (Lipinski definition) is 3. The summed E-state index contributed by atoms with van der Waals surface area (Å²) in [6.45, 7) is 2.57. The third kappa shape index (κ3) is 4.73. The molecule has 102 valence electrons. The standard InChI is InChI=1S/C15H18BrNOS/c1-18-11-13-5-3-2-4-12(13)10-17-9-8-14-6-7-15(16)19-14/h2-7,17H,8-11H2,1H3. The molecule has 0 aliphatic heterocycles. The molecule has 0 amide bonds. The van der Waals surface area contributed by atoms with Crippen molar-refractivity contribution >= 4 is 27.3 Å². The predicted molar refractivity (Wildman–Crippen MR) is 84.6 cm³/mol. The smallest absolute Gasteiger partial charge is 0.0716 e. The minimum atomic E-state index is 0.676. The molecular weight excluding hydrogens is 322 g/mol. The Morgan fingerprint density at radius 1 is 1.16 bits per heavy atom. The number of nitrogens with one attached hydrogen (secondary N) is 1. The van der Waals surface area contributed by atoms with Crippen molar-refractivity contribution in [2.45, 2.75) is 19.6 Å². The zero-order valence-electron chi connectivity index (χ0n) is 11.0. The van der Waals surface area contributed by atoms with Crippen molar-refractivity contribution in [1.82, 2.24) is 5.32 Å². The molecule has 0 spiro atoms. The van der Waals surface area contributed by atoms with Crippen molar-refractivity contribution in [1.29, 1.82) is 0 Å². The molecule has 0 saturated heterocycles. The third-order valence-electron chi connectivity index (χ3n) is 2.91. The second-order valence-corrected chi connectivity index (χ2v) is 6.88. The first-order chi connectivity index (χ1) is 9.29. The maximum Gasteiger partial charge on any atom is 0.0716 e. The second kappa shape index (κ2) is 7.80. The Kier molecular flexibility index (Phi) is 6.04. The van der Waals surface area contributed by atoms with Crippen LogP contribution in [0.15, 0.2) is 40.2 Å². The summed E-state index contributed by atoms with van der Waals surface area (Å²) >= 11 is 5.29. The highest BCUT2D eigenvalue weighted by Crippen LogP contribution is 2.22. The Balaban J connectivity index is 1.79. The van der Waals surface area contributed by atoms with Gasteiger partial charge in [-0.25, -0.2) is 0 Å². The van der Waals surface area contributed by atoms with E-state index in [4.69, 9.17) is 4.74 Å². The summed E-state index contributed by atoms with van der Waals surface area (Å²) in [5, 5.41) is 3.49. The van der Waals surface area contributed by atoms with E-state index in [0.29, 0.717) is 6.61 Å². The topological polar surface area (TPSA) is 21.3 Å². The van der Waals surface area contributed by atoms with Gasteiger partial charge in [0.1, 0.15) is 0 Å². The van der Waals surface area contributed by atoms with Gasteiger partial charge in [-0.1, -0.05) is 24.3 Å². The molecule has 0 aliphatic rings. The van der Waals surface area contributed by atoms with Gasteiger partial charge >= 0.3 is 0 Å². The molecule has 0 unspecified atom stereocenters. The van der Waals surface area contributed by atoms with Gasteiger partial charge in [0.2, 0.25) is 0 Å². The van der Waals surface area contributed by atoms with Gasteiger partial charge in [0, 0.05) is 25.1 Å². The van der Waals surface area contributed by atoms with Crippen LogP contribution in [0.25, 0.3) is 0 Å². The van der Waals surface area contributed by atoms with Gasteiger partial charge in [0.05, 0.1) is 10.4 Å². The van der Waals surface area contributed by atoms with E-state index in [1.54, 1.807) is 18.4 Å². The molecule has 0 radical (unpaired) electrons. The highest BCUT2D eigenvalue weighted by molar-refractivity contribution is 9.11. The van der Waals surface area contributed by atoms with Gasteiger partial charge in [0.25, 0.3) is 0 Å². The summed E-state index contributed by atoms with van der Waals surface area (Å²) < 4.78 is 6.42. The predicted octanol–water partition coefficient (Wildman–Crippen LogP) is 3.99. The number of hydrogen-bond donors (Lipinski definition) is 1. The van der Waals surface area contributed by atoms with Crippen LogP contribution in [0, 0.1) is 0 Å². The van der Waals surface area contributed by atoms with Gasteiger partial charge in [0.15, 0.2) is 0 Å². The average molecular weight is 340 g/mol. The first-order valence-electron chi connectivity index (χ1n) is 6.30. The highest BCUT2D eigenvalue weighted by atomic mass is 79.9. The number of halogens is 1. The molecule has 1 aromatic heterocycles. The molecule has 0 bridgehead atoms. The minimum Gasteiger partial charge on any atom is -0.380 e. The van der Waals surface area contributed by atoms with Crippen molar-refractivity contribution in [3.8, 4) is 0 Å². The number of ether oxygens (including phenoxy) is 1. The SMILES string of the molecule is COCc1ccccc1CNCCc1ccc(Br)s1. The summed E-state index contributed by atoms with van der Waals surface area (Å²) in [5.74, 6) is 0. The van der Waals surface area contributed by atoms with Crippen LogP contribution in [0.5, 0.6) is 0 Å². The molecule has 1 N–H and O–H groups in total. The zero-order valence-corrected chi connectivity index (χ0v) is 13.4. The molecule has 0 fully saturated rings. The lowest BCUT2D eigenvalue weighted by Gasteiger charge is -2.09. The normalized spacial score (nSPS) is 10.8. The maximum atomic E-state index is 5.22. The molecule has 0 atom stereocenters. The summed E-state index contributed by atoms with van der Waals surface area (Å²) in [5.41, 5.74) is 2.58. The minimum absolute atomic E-state index is 0.676. The van der Waals surface area contributed by atoms with Crippen LogP contribution in [0.4, 0.5) is 0 Å². The third-order valence-corrected chi connectivity index (χ3v) is 4.59. The van der Waals surface area contributed by atoms with Gasteiger partial charge in [-0.15, -0.1) is 11.3 Å². The van der Waals surface area contributed by atoms with E-state index in [2.05, 4.69) is 57.6 Å². The van der Waals surface area contributed by atoms with Crippen LogP contribution >= 0.6 is 27.3 Å². The second-order valence-electron chi connectivity index (χ2n) is 4.33. The molecule has 1 heterocycles. The lowest BCUT2D eigenvalue weighted by atomic mass is 10.1. The van der Waals surface area contributed by atoms with Crippen LogP contribution in [-0.2, 0) is 24.3 Å². The zero-order chi connectivity index (χ0) is 13.5. The van der Waals surface area contributed by atoms with Crippen LogP contribution in [0.3, 0.4) is 0 Å². The van der Waals surface area contributed by atoms with Crippen molar-refractivity contribution in [2.24, 2.45) is 0 Å². The van der Waals surface area contributed by atoms with E-state index in [9.17, 15) is 0 Å². The largest absolute Gasteiger partial charge is 0.380 e. The average Bonchev–Trinajstić information content (AvgIpc) is 2.83. The Morgan fingerprint density at radius 3 is 2.63 bits per heavy atom. The Hall–Kier alpha value is -0.680. The fourth-order valence-electron chi connectivity index (χ4n) is 1.95. The van der Waals surface area contributed by atoms with Crippen LogP contribution in [0.1, 0.15) is 16.0 Å². The molecule has 19 heavy (non-hydrogen) atoms. The number of benzene rings is 1. The molecule has 2 aromatic rings. The van der Waals surface area contributed by atoms with Crippen molar-refractivity contribution in [3.63, 3.8) is 0 Å². The van der Waals surface area contributed by atoms with Crippen molar-refractivity contribution < 1.29 is 4.74 Å². The number of rotatable bonds is 7. The highest BCUT2D eigenvalue weighted by Gasteiger charge is 2.01. The van der Waals surface area contributed by atoms with E-state index < -0.39 is 0 Å². The molecular formula is C15H18BrNOS. The summed E-state index contributed by atoms with van der Waals surface area (Å²) in [6.07, 6.45) is 1.07. The summed E-state index contributed by atoms with van der Waals surface area (Å²) in [7, 11) is 1.73. The van der Waals surface area contributed by atoms with Crippen molar-refractivity contribution in [2.75, 3.05) is 13.7 Å². The van der Waals surface area contributed by atoms with E-state index in [-0.39, 0.29) is 0 Å². The first-order valence-corrected chi connectivity index (χ1v) is 7.91. The number of thiophene rings is 1. The first kappa shape index (κ1) is 14.7. The lowest BCUT2D eigenvalue weighted by molar-refractivity contribution is 0.184. The van der Waals surface area contributed by atoms with E-state index in [0.717, 1.165) is 19.5 Å². The van der Waals surface area contributed by atoms with Crippen LogP contribution in [-0.4, -0.2) is 13.7 Å². The van der Waals surface area contributed by atoms with Crippen LogP contribution in [0.2, 0.25) is 0 Å². The monoisotopic (exact) mass is 339 g/mol. The fraction of sp³-hybridized carbons (Fsp3) is 0.333. The maximum absolute atomic E-state index is 5.22. The Morgan fingerprint density at radius 2 is 1.95 bits per heavy atom. The molecule has 0 saturated carbocycles. The van der Waals surface area contributed by atoms with Crippen LogP contribution < -0.4 is 5.32 Å². The van der Waals surface area contributed by atoms with Gasteiger partial charge in [-0.2, -0.15) is 0 Å². The molecule has 0 aliphatic carbocycles.